The number of ether oxygens (including phenoxy) is 1. The van der Waals surface area contributed by atoms with Gasteiger partial charge in [-0.3, -0.25) is 4.79 Å². The number of carbonyl (C=O) groups excluding carboxylic acids is 1. The molecule has 0 unspecified atom stereocenters. The van der Waals surface area contributed by atoms with Crippen molar-refractivity contribution in [2.24, 2.45) is 0 Å². The molecule has 0 saturated carbocycles. The molecule has 5 N–H and O–H groups in total. The van der Waals surface area contributed by atoms with Crippen LogP contribution in [-0.4, -0.2) is 46.2 Å². The molecule has 0 bridgehead atoms. The van der Waals surface area contributed by atoms with E-state index in [-0.39, 0.29) is 12.5 Å². The highest BCUT2D eigenvalue weighted by Gasteiger charge is 2.45. The van der Waals surface area contributed by atoms with Crippen LogP contribution >= 0.6 is 43.1 Å². The molecule has 2 aromatic heterocycles. The summed E-state index contributed by atoms with van der Waals surface area (Å²) in [5.74, 6) is 1.01. The lowest BCUT2D eigenvalue weighted by Crippen LogP contribution is -2.24. The predicted octanol–water partition coefficient (Wildman–Crippen LogP) is 12.6. The number of aliphatic hydroxyl groups excluding tert-OH is 1. The maximum Gasteiger partial charge on any atom is 0.220 e. The lowest BCUT2D eigenvalue weighted by molar-refractivity contribution is -0.121. The van der Waals surface area contributed by atoms with Gasteiger partial charge in [0.1, 0.15) is 5.75 Å². The van der Waals surface area contributed by atoms with Gasteiger partial charge in [-0.15, -0.1) is 0 Å². The van der Waals surface area contributed by atoms with Crippen LogP contribution in [0.1, 0.15) is 94.7 Å². The minimum Gasteiger partial charge on any atom is -0.497 e. The average molecular weight is 965 g/mol. The Morgan fingerprint density at radius 3 is 1.65 bits per heavy atom. The number of aliphatic hydroxyl groups is 1. The van der Waals surface area contributed by atoms with E-state index in [9.17, 15) is 4.79 Å². The highest BCUT2D eigenvalue weighted by molar-refractivity contribution is 9.48. The van der Waals surface area contributed by atoms with E-state index in [2.05, 4.69) is 89.2 Å². The first-order valence-electron chi connectivity index (χ1n) is 21.7. The van der Waals surface area contributed by atoms with Gasteiger partial charge in [0.2, 0.25) is 5.91 Å². The topological polar surface area (TPSA) is 102 Å². The Kier molecular flexibility index (Phi) is 21.1. The summed E-state index contributed by atoms with van der Waals surface area (Å²) < 4.78 is 1.84. The maximum absolute atomic E-state index is 11.8. The van der Waals surface area contributed by atoms with Gasteiger partial charge in [-0.05, 0) is 78.8 Å². The lowest BCUT2D eigenvalue weighted by Gasteiger charge is -2.40. The highest BCUT2D eigenvalue weighted by Crippen LogP contribution is 3.04. The maximum atomic E-state index is 11.8. The van der Waals surface area contributed by atoms with Gasteiger partial charge in [0.15, 0.2) is 0 Å². The molecule has 62 heavy (non-hydrogen) atoms. The summed E-state index contributed by atoms with van der Waals surface area (Å²) in [6, 6.07) is 32.7. The Bertz CT molecular complexity index is 2220. The van der Waals surface area contributed by atoms with Crippen LogP contribution in [0.2, 0.25) is 0 Å². The summed E-state index contributed by atoms with van der Waals surface area (Å²) in [7, 11) is 1.66. The zero-order valence-electron chi connectivity index (χ0n) is 36.2. The number of methoxy groups -OCH3 is 1. The van der Waals surface area contributed by atoms with Crippen molar-refractivity contribution in [3.63, 3.8) is 0 Å². The quantitative estimate of drug-likeness (QED) is 0.0291. The van der Waals surface area contributed by atoms with E-state index in [0.717, 1.165) is 60.6 Å². The van der Waals surface area contributed by atoms with Crippen molar-refractivity contribution < 1.29 is 14.6 Å². The number of nitrogens with one attached hydrogen (secondary N) is 4. The Morgan fingerprint density at radius 1 is 0.661 bits per heavy atom. The normalized spacial score (nSPS) is 16.6. The smallest absolute Gasteiger partial charge is 0.220 e. The SMILES string of the molecule is CCCCCCNC(=O)CCc1c[nH]c2ccccc12.CCCCCCNC(=S)CCc1c[nH]c2ccccc12.COc1ccc(P2(=S)SP(=S)(c3ccc(CO)cc3)S2)cc1. The molecule has 7 nitrogen and oxygen atoms in total. The molecule has 3 heterocycles. The van der Waals surface area contributed by atoms with Gasteiger partial charge in [0, 0.05) is 70.7 Å². The van der Waals surface area contributed by atoms with Gasteiger partial charge < -0.3 is 30.4 Å². The van der Waals surface area contributed by atoms with Crippen molar-refractivity contribution >= 4 is 110 Å². The molecule has 332 valence electrons. The molecule has 4 aromatic carbocycles. The van der Waals surface area contributed by atoms with E-state index < -0.39 is 8.88 Å². The van der Waals surface area contributed by atoms with E-state index in [1.807, 2.05) is 76.7 Å². The minimum atomic E-state index is -1.68. The van der Waals surface area contributed by atoms with E-state index in [0.29, 0.717) is 6.42 Å². The Morgan fingerprint density at radius 2 is 1.15 bits per heavy atom. The highest BCUT2D eigenvalue weighted by atomic mass is 33.7. The summed E-state index contributed by atoms with van der Waals surface area (Å²) in [5, 5.41) is 20.4. The third-order valence-corrected chi connectivity index (χ3v) is 42.1. The fraction of sp³-hybridized carbons (Fsp3) is 0.375. The third-order valence-electron chi connectivity index (χ3n) is 10.6. The van der Waals surface area contributed by atoms with Crippen molar-refractivity contribution in [3.8, 4) is 5.75 Å². The Labute approximate surface area is 392 Å². The second-order valence-corrected chi connectivity index (χ2v) is 37.0. The Hall–Kier alpha value is -2.92. The minimum absolute atomic E-state index is 0.0628. The average Bonchev–Trinajstić information content (AvgIpc) is 3.91. The van der Waals surface area contributed by atoms with E-state index in [4.69, 9.17) is 45.7 Å². The summed E-state index contributed by atoms with van der Waals surface area (Å²) in [6.07, 6.45) is 17.3. The van der Waals surface area contributed by atoms with E-state index >= 15 is 0 Å². The van der Waals surface area contributed by atoms with Gasteiger partial charge in [0.25, 0.3) is 0 Å². The van der Waals surface area contributed by atoms with Gasteiger partial charge in [-0.2, -0.15) is 0 Å². The Balaban J connectivity index is 0.000000176. The summed E-state index contributed by atoms with van der Waals surface area (Å²) >= 11 is 20.8. The molecule has 1 saturated heterocycles. The number of aromatic amines is 2. The number of aryl methyl sites for hydroxylation is 2. The molecule has 6 aromatic rings. The molecule has 0 spiro atoms. The van der Waals surface area contributed by atoms with Crippen molar-refractivity contribution in [1.82, 2.24) is 20.6 Å². The van der Waals surface area contributed by atoms with Crippen LogP contribution in [0.4, 0.5) is 0 Å². The zero-order chi connectivity index (χ0) is 44.2. The zero-order valence-corrected chi connectivity index (χ0v) is 42.1. The first-order chi connectivity index (χ1) is 30.1. The fourth-order valence-electron chi connectivity index (χ4n) is 6.94. The summed E-state index contributed by atoms with van der Waals surface area (Å²) in [6.45, 7) is 6.33. The predicted molar refractivity (Wildman–Crippen MR) is 284 cm³/mol. The number of rotatable bonds is 20. The lowest BCUT2D eigenvalue weighted by atomic mass is 10.1. The molecule has 14 heteroatoms. The largest absolute Gasteiger partial charge is 0.497 e. The van der Waals surface area contributed by atoms with Gasteiger partial charge in [-0.25, -0.2) is 0 Å². The molecule has 1 aliphatic rings. The number of unbranched alkanes of at least 4 members (excludes halogenated alkanes) is 6. The molecule has 1 aliphatic heterocycles. The first kappa shape index (κ1) is 50.1. The van der Waals surface area contributed by atoms with Crippen molar-refractivity contribution in [1.29, 1.82) is 0 Å². The van der Waals surface area contributed by atoms with E-state index in [1.165, 1.54) is 83.0 Å². The van der Waals surface area contributed by atoms with Crippen LogP contribution in [-0.2, 0) is 47.9 Å². The van der Waals surface area contributed by atoms with Crippen molar-refractivity contribution in [2.75, 3.05) is 20.2 Å². The van der Waals surface area contributed by atoms with Crippen LogP contribution < -0.4 is 26.0 Å². The number of hydrogen-bond donors (Lipinski definition) is 5. The van der Waals surface area contributed by atoms with E-state index in [1.54, 1.807) is 7.11 Å². The summed E-state index contributed by atoms with van der Waals surface area (Å²) in [4.78, 5) is 19.3. The first-order valence-corrected chi connectivity index (χ1v) is 31.8. The van der Waals surface area contributed by atoms with Crippen LogP contribution in [0.3, 0.4) is 0 Å². The van der Waals surface area contributed by atoms with Crippen LogP contribution in [0.15, 0.2) is 109 Å². The van der Waals surface area contributed by atoms with Crippen molar-refractivity contribution in [3.05, 3.63) is 126 Å². The molecule has 1 amide bonds. The number of aromatic nitrogens is 2. The second kappa shape index (κ2) is 26.1. The van der Waals surface area contributed by atoms with Crippen LogP contribution in [0, 0.1) is 0 Å². The van der Waals surface area contributed by atoms with Crippen LogP contribution in [0.5, 0.6) is 5.75 Å². The fourth-order valence-corrected chi connectivity index (χ4v) is 49.4. The molecule has 0 radical (unpaired) electrons. The van der Waals surface area contributed by atoms with Gasteiger partial charge >= 0.3 is 0 Å². The number of carbonyl (C=O) groups is 1. The number of hydrogen-bond acceptors (Lipinski definition) is 8. The molecular weight excluding hydrogens is 903 g/mol. The molecular formula is C48H62N4O3P2S5. The number of thiocarbonyl (C=S) groups is 1. The molecule has 1 fully saturated rings. The van der Waals surface area contributed by atoms with Crippen LogP contribution in [0.25, 0.3) is 21.8 Å². The standard InChI is InChI=1S/C17H24N2O.C17H24N2S.C14H14O2P2S4/c2*1-2-3-4-7-12-18-17(20)11-10-14-13-19-16-9-6-5-8-15(14)16;1-16-12-4-8-14(9-5-12)18(20)21-17(19,22-18)13-6-2-11(10-15)3-7-13/h2*5-6,8-9,13,19H,2-4,7,10-12H2,1H3,(H,18,20);2-9,15H,10H2,1H3. The monoisotopic (exact) mass is 964 g/mol. The van der Waals surface area contributed by atoms with Gasteiger partial charge in [0.05, 0.1) is 27.6 Å². The number of fused-ring (bicyclic) bond motifs is 2. The van der Waals surface area contributed by atoms with Gasteiger partial charge in [-0.1, -0.05) is 171 Å². The number of H-pyrrole nitrogens is 2. The molecule has 7 rings (SSSR count). The number of benzene rings is 4. The molecule has 0 aliphatic carbocycles. The second-order valence-electron chi connectivity index (χ2n) is 15.2. The summed E-state index contributed by atoms with van der Waals surface area (Å²) in [5.41, 5.74) is 5.84. The number of para-hydroxylation sites is 2. The van der Waals surface area contributed by atoms with Crippen molar-refractivity contribution in [2.45, 2.75) is 97.5 Å². The third kappa shape index (κ3) is 15.1. The molecule has 0 atom stereocenters. The number of amides is 1.